The molecule has 0 atom stereocenters. The molecule has 1 aromatic heterocycles. The van der Waals surface area contributed by atoms with Crippen LogP contribution in [0.15, 0.2) is 36.2 Å². The van der Waals surface area contributed by atoms with Crippen molar-refractivity contribution in [2.24, 2.45) is 5.73 Å². The summed E-state index contributed by atoms with van der Waals surface area (Å²) in [6, 6.07) is 6.43. The molecule has 1 heterocycles. The monoisotopic (exact) mass is 331 g/mol. The third kappa shape index (κ3) is 5.58. The van der Waals surface area contributed by atoms with E-state index in [1.54, 1.807) is 18.0 Å². The number of aromatic nitrogens is 3. The van der Waals surface area contributed by atoms with E-state index in [0.717, 1.165) is 23.1 Å². The van der Waals surface area contributed by atoms with E-state index in [9.17, 15) is 0 Å². The Bertz CT molecular complexity index is 668. The topological polar surface area (TPSA) is 67.9 Å². The van der Waals surface area contributed by atoms with E-state index in [4.69, 9.17) is 0 Å². The van der Waals surface area contributed by atoms with Gasteiger partial charge in [0.05, 0.1) is 16.7 Å². The number of hydrogen-bond acceptors (Lipinski definition) is 6. The molecule has 0 bridgehead atoms. The minimum Gasteiger partial charge on any atom is -0.333 e. The van der Waals surface area contributed by atoms with Crippen LogP contribution in [-0.4, -0.2) is 28.5 Å². The molecule has 0 aliphatic heterocycles. The van der Waals surface area contributed by atoms with Gasteiger partial charge < -0.3 is 10.6 Å². The van der Waals surface area contributed by atoms with Crippen LogP contribution in [0.25, 0.3) is 0 Å². The molecule has 0 spiro atoms. The van der Waals surface area contributed by atoms with Gasteiger partial charge >= 0.3 is 0 Å². The quantitative estimate of drug-likeness (QED) is 0.928. The van der Waals surface area contributed by atoms with Crippen LogP contribution in [0.4, 0.5) is 11.5 Å². The van der Waals surface area contributed by atoms with Gasteiger partial charge in [0.1, 0.15) is 6.33 Å². The number of rotatable bonds is 3. The highest BCUT2D eigenvalue weighted by Gasteiger charge is 2.10. The Morgan fingerprint density at radius 1 is 1.13 bits per heavy atom. The van der Waals surface area contributed by atoms with Gasteiger partial charge in [0, 0.05) is 12.2 Å². The second kappa shape index (κ2) is 9.86. The average Bonchev–Trinajstić information content (AvgIpc) is 2.64. The maximum atomic E-state index is 4.50. The molecule has 0 fully saturated rings. The van der Waals surface area contributed by atoms with Crippen molar-refractivity contribution in [3.05, 3.63) is 52.4 Å². The van der Waals surface area contributed by atoms with Gasteiger partial charge in [-0.2, -0.15) is 0 Å². The van der Waals surface area contributed by atoms with Crippen molar-refractivity contribution < 1.29 is 0 Å². The predicted molar refractivity (Wildman–Crippen MR) is 98.8 cm³/mol. The number of hydrogen-bond donors (Lipinski definition) is 1. The molecule has 0 unspecified atom stereocenters. The third-order valence-corrected chi connectivity index (χ3v) is 3.81. The van der Waals surface area contributed by atoms with Crippen LogP contribution in [0, 0.1) is 20.8 Å². The minimum absolute atomic E-state index is 0.791. The van der Waals surface area contributed by atoms with Crippen LogP contribution in [0.1, 0.15) is 23.1 Å². The Labute approximate surface area is 142 Å². The van der Waals surface area contributed by atoms with E-state index < -0.39 is 0 Å². The maximum absolute atomic E-state index is 4.50. The van der Waals surface area contributed by atoms with Crippen LogP contribution in [0.3, 0.4) is 0 Å². The van der Waals surface area contributed by atoms with E-state index >= 15 is 0 Å². The highest BCUT2D eigenvalue weighted by atomic mass is 32.1. The predicted octanol–water partition coefficient (Wildman–Crippen LogP) is 3.72. The normalized spacial score (nSPS) is 9.48. The fourth-order valence-electron chi connectivity index (χ4n) is 2.14. The van der Waals surface area contributed by atoms with Crippen LogP contribution < -0.4 is 10.6 Å². The van der Waals surface area contributed by atoms with Gasteiger partial charge in [-0.25, -0.2) is 9.97 Å². The highest BCUT2D eigenvalue weighted by Crippen LogP contribution is 2.26. The minimum atomic E-state index is 0.791. The molecule has 6 heteroatoms. The maximum Gasteiger partial charge on any atom is 0.153 e. The van der Waals surface area contributed by atoms with Gasteiger partial charge in [-0.15, -0.1) is 11.3 Å². The summed E-state index contributed by atoms with van der Waals surface area (Å²) in [5, 5.41) is 0.923. The molecule has 124 valence electrons. The molecule has 0 saturated heterocycles. The van der Waals surface area contributed by atoms with E-state index in [2.05, 4.69) is 64.6 Å². The Hall–Kier alpha value is -2.05. The lowest BCUT2D eigenvalue weighted by atomic mass is 10.1. The molecular weight excluding hydrogens is 306 g/mol. The summed E-state index contributed by atoms with van der Waals surface area (Å²) in [5.74, 6) is 0.791. The number of nitrogens with zero attached hydrogens (tertiary/aromatic N) is 4. The molecule has 2 rings (SSSR count). The van der Waals surface area contributed by atoms with Gasteiger partial charge in [-0.1, -0.05) is 17.7 Å². The smallest absolute Gasteiger partial charge is 0.153 e. The standard InChI is InChI=1S/C16H20N4S.CH5N/c1-5-20(15-7-6-12(2)8-13(15)3)16-9-17-11-21-14(4)18-10-19-16;1-2/h6-11H,5H2,1-4H3;2H2,1H3. The lowest BCUT2D eigenvalue weighted by Gasteiger charge is -2.23. The molecular formula is C17H25N5S. The van der Waals surface area contributed by atoms with E-state index in [1.807, 2.05) is 6.92 Å². The number of nitrogens with two attached hydrogens (primary N) is 1. The van der Waals surface area contributed by atoms with Crippen molar-refractivity contribution in [1.82, 2.24) is 15.0 Å². The zero-order valence-electron chi connectivity index (χ0n) is 14.4. The fraction of sp³-hybridized carbons (Fsp3) is 0.353. The summed E-state index contributed by atoms with van der Waals surface area (Å²) in [4.78, 5) is 15.2. The first kappa shape index (κ1) is 19.0. The summed E-state index contributed by atoms with van der Waals surface area (Å²) in [6.45, 7) is 9.08. The van der Waals surface area contributed by atoms with Crippen molar-refractivity contribution >= 4 is 22.8 Å². The van der Waals surface area contributed by atoms with Crippen molar-refractivity contribution in [3.8, 4) is 0 Å². The summed E-state index contributed by atoms with van der Waals surface area (Å²) < 4.78 is 0. The molecule has 5 nitrogen and oxygen atoms in total. The summed E-state index contributed by atoms with van der Waals surface area (Å²) >= 11 is 1.49. The molecule has 0 saturated carbocycles. The summed E-state index contributed by atoms with van der Waals surface area (Å²) in [6.07, 6.45) is 3.37. The average molecular weight is 331 g/mol. The molecule has 0 aliphatic carbocycles. The zero-order chi connectivity index (χ0) is 17.2. The Balaban J connectivity index is 0.00000127. The fourth-order valence-corrected chi connectivity index (χ4v) is 2.52. The second-order valence-corrected chi connectivity index (χ2v) is 5.82. The van der Waals surface area contributed by atoms with Crippen molar-refractivity contribution in [3.63, 3.8) is 0 Å². The first-order chi connectivity index (χ1) is 11.1. The molecule has 1 aromatic carbocycles. The molecule has 2 N–H and O–H groups in total. The molecule has 2 aromatic rings. The lowest BCUT2D eigenvalue weighted by molar-refractivity contribution is 0.971. The lowest BCUT2D eigenvalue weighted by Crippen LogP contribution is -2.18. The van der Waals surface area contributed by atoms with Crippen molar-refractivity contribution in [1.29, 1.82) is 0 Å². The largest absolute Gasteiger partial charge is 0.333 e. The van der Waals surface area contributed by atoms with Gasteiger partial charge in [0.15, 0.2) is 5.82 Å². The van der Waals surface area contributed by atoms with Crippen LogP contribution in [-0.2, 0) is 0 Å². The van der Waals surface area contributed by atoms with E-state index in [0.29, 0.717) is 0 Å². The number of anilines is 2. The van der Waals surface area contributed by atoms with Gasteiger partial charge in [-0.05, 0) is 46.4 Å². The molecule has 0 radical (unpaired) electrons. The van der Waals surface area contributed by atoms with Crippen LogP contribution >= 0.6 is 11.3 Å². The SMILES string of the molecule is CCN(c1cncsc(C)ncn1)c1ccc(C)cc1C.CN. The van der Waals surface area contributed by atoms with E-state index in [-0.39, 0.29) is 0 Å². The zero-order valence-corrected chi connectivity index (χ0v) is 15.3. The highest BCUT2D eigenvalue weighted by molar-refractivity contribution is 7.08. The van der Waals surface area contributed by atoms with Gasteiger partial charge in [0.25, 0.3) is 0 Å². The Morgan fingerprint density at radius 3 is 2.52 bits per heavy atom. The number of aryl methyl sites for hydroxylation is 3. The molecule has 0 aliphatic rings. The first-order valence-corrected chi connectivity index (χ1v) is 8.37. The first-order valence-electron chi connectivity index (χ1n) is 7.49. The van der Waals surface area contributed by atoms with Crippen molar-refractivity contribution in [2.45, 2.75) is 27.7 Å². The molecule has 23 heavy (non-hydrogen) atoms. The second-order valence-electron chi connectivity index (χ2n) is 4.79. The van der Waals surface area contributed by atoms with Crippen molar-refractivity contribution in [2.75, 3.05) is 18.5 Å². The Morgan fingerprint density at radius 2 is 1.87 bits per heavy atom. The molecule has 0 amide bonds. The van der Waals surface area contributed by atoms with Crippen LogP contribution in [0.2, 0.25) is 0 Å². The summed E-state index contributed by atoms with van der Waals surface area (Å²) in [5.41, 5.74) is 9.91. The summed E-state index contributed by atoms with van der Waals surface area (Å²) in [7, 11) is 1.50. The van der Waals surface area contributed by atoms with Crippen LogP contribution in [0.5, 0.6) is 0 Å². The van der Waals surface area contributed by atoms with Gasteiger partial charge in [-0.3, -0.25) is 4.98 Å². The van der Waals surface area contributed by atoms with Gasteiger partial charge in [0.2, 0.25) is 0 Å². The van der Waals surface area contributed by atoms with E-state index in [1.165, 1.54) is 29.5 Å². The number of benzene rings is 1. The third-order valence-electron chi connectivity index (χ3n) is 3.14. The Kier molecular flexibility index (Phi) is 8.15.